The van der Waals surface area contributed by atoms with Gasteiger partial charge in [-0.3, -0.25) is 9.59 Å². The molecule has 114 valence electrons. The highest BCUT2D eigenvalue weighted by Crippen LogP contribution is 2.37. The Kier molecular flexibility index (Phi) is 4.50. The minimum absolute atomic E-state index is 0.0164. The van der Waals surface area contributed by atoms with Crippen LogP contribution in [0.2, 0.25) is 0 Å². The van der Waals surface area contributed by atoms with Crippen molar-refractivity contribution in [3.05, 3.63) is 23.8 Å². The van der Waals surface area contributed by atoms with Crippen molar-refractivity contribution in [2.24, 2.45) is 11.8 Å². The van der Waals surface area contributed by atoms with Crippen LogP contribution in [-0.2, 0) is 9.59 Å². The monoisotopic (exact) mass is 289 g/mol. The fraction of sp³-hybridized carbons (Fsp3) is 0.500. The Morgan fingerprint density at radius 1 is 1.33 bits per heavy atom. The number of nitrogens with zero attached hydrogens (tertiary/aromatic N) is 1. The predicted molar refractivity (Wildman–Crippen MR) is 84.4 cm³/mol. The van der Waals surface area contributed by atoms with Crippen LogP contribution >= 0.6 is 0 Å². The average Bonchev–Trinajstić information content (AvgIpc) is 3.15. The molecule has 5 nitrogen and oxygen atoms in total. The first-order valence-corrected chi connectivity index (χ1v) is 7.24. The molecule has 1 aliphatic carbocycles. The molecule has 1 aromatic rings. The third-order valence-corrected chi connectivity index (χ3v) is 3.87. The summed E-state index contributed by atoms with van der Waals surface area (Å²) in [5, 5.41) is 5.51. The highest BCUT2D eigenvalue weighted by molar-refractivity contribution is 5.95. The molecule has 1 aliphatic rings. The molecular formula is C16H23N3O2. The molecule has 2 N–H and O–H groups in total. The summed E-state index contributed by atoms with van der Waals surface area (Å²) in [7, 11) is 3.95. The summed E-state index contributed by atoms with van der Waals surface area (Å²) in [6.45, 7) is 4.02. The molecule has 5 heteroatoms. The Morgan fingerprint density at radius 3 is 2.52 bits per heavy atom. The molecule has 0 aromatic heterocycles. The third kappa shape index (κ3) is 3.97. The van der Waals surface area contributed by atoms with Gasteiger partial charge in [0.25, 0.3) is 0 Å². The van der Waals surface area contributed by atoms with Gasteiger partial charge in [-0.2, -0.15) is 0 Å². The summed E-state index contributed by atoms with van der Waals surface area (Å²) in [4.78, 5) is 25.5. The molecule has 0 spiro atoms. The van der Waals surface area contributed by atoms with Crippen molar-refractivity contribution in [2.75, 3.05) is 30.9 Å². The van der Waals surface area contributed by atoms with Gasteiger partial charge in [0.05, 0.1) is 6.54 Å². The predicted octanol–water partition coefficient (Wildman–Crippen LogP) is 1.77. The number of amides is 2. The van der Waals surface area contributed by atoms with Crippen LogP contribution in [0, 0.1) is 18.8 Å². The third-order valence-electron chi connectivity index (χ3n) is 3.87. The second-order valence-corrected chi connectivity index (χ2v) is 5.98. The summed E-state index contributed by atoms with van der Waals surface area (Å²) < 4.78 is 0. The van der Waals surface area contributed by atoms with Gasteiger partial charge in [-0.15, -0.1) is 0 Å². The number of nitrogens with one attached hydrogen (secondary N) is 2. The number of carbonyl (C=O) groups is 2. The van der Waals surface area contributed by atoms with Crippen LogP contribution in [0.5, 0.6) is 0 Å². The number of aryl methyl sites for hydroxylation is 1. The molecule has 2 unspecified atom stereocenters. The van der Waals surface area contributed by atoms with E-state index in [1.54, 1.807) is 0 Å². The van der Waals surface area contributed by atoms with Gasteiger partial charge in [-0.1, -0.05) is 6.92 Å². The lowest BCUT2D eigenvalue weighted by atomic mass is 10.1. The average molecular weight is 289 g/mol. The molecule has 0 radical (unpaired) electrons. The van der Waals surface area contributed by atoms with Gasteiger partial charge in [0.2, 0.25) is 11.8 Å². The summed E-state index contributed by atoms with van der Waals surface area (Å²) in [6.07, 6.45) is 0.929. The van der Waals surface area contributed by atoms with Gasteiger partial charge in [-0.05, 0) is 43.0 Å². The quantitative estimate of drug-likeness (QED) is 0.868. The SMILES string of the molecule is Cc1cc(N(C)C)ccc1NC(=O)CNC(=O)C1CC1C. The van der Waals surface area contributed by atoms with Crippen molar-refractivity contribution in [3.63, 3.8) is 0 Å². The second-order valence-electron chi connectivity index (χ2n) is 5.98. The maximum Gasteiger partial charge on any atom is 0.243 e. The first-order valence-electron chi connectivity index (χ1n) is 7.24. The number of hydrogen-bond donors (Lipinski definition) is 2. The molecule has 1 fully saturated rings. The van der Waals surface area contributed by atoms with Gasteiger partial charge in [0.15, 0.2) is 0 Å². The van der Waals surface area contributed by atoms with Crippen LogP contribution in [0.4, 0.5) is 11.4 Å². The standard InChI is InChI=1S/C16H23N3O2/c1-10-8-13(10)16(21)17-9-15(20)18-14-6-5-12(19(3)4)7-11(14)2/h5-7,10,13H,8-9H2,1-4H3,(H,17,21)(H,18,20). The highest BCUT2D eigenvalue weighted by atomic mass is 16.2. The number of rotatable bonds is 5. The van der Waals surface area contributed by atoms with Crippen molar-refractivity contribution in [1.82, 2.24) is 5.32 Å². The fourth-order valence-electron chi connectivity index (χ4n) is 2.25. The number of carbonyl (C=O) groups excluding carboxylic acids is 2. The smallest absolute Gasteiger partial charge is 0.243 e. The normalized spacial score (nSPS) is 19.8. The Morgan fingerprint density at radius 2 is 2.00 bits per heavy atom. The number of benzene rings is 1. The van der Waals surface area contributed by atoms with Crippen molar-refractivity contribution < 1.29 is 9.59 Å². The lowest BCUT2D eigenvalue weighted by molar-refractivity contribution is -0.125. The highest BCUT2D eigenvalue weighted by Gasteiger charge is 2.38. The molecule has 2 amide bonds. The number of anilines is 2. The first-order chi connectivity index (χ1) is 9.88. The van der Waals surface area contributed by atoms with Crippen molar-refractivity contribution in [1.29, 1.82) is 0 Å². The van der Waals surface area contributed by atoms with E-state index in [9.17, 15) is 9.59 Å². The summed E-state index contributed by atoms with van der Waals surface area (Å²) in [6, 6.07) is 5.85. The van der Waals surface area contributed by atoms with Crippen molar-refractivity contribution >= 4 is 23.2 Å². The van der Waals surface area contributed by atoms with E-state index in [0.717, 1.165) is 23.4 Å². The van der Waals surface area contributed by atoms with E-state index in [1.807, 2.05) is 51.0 Å². The minimum atomic E-state index is -0.197. The second kappa shape index (κ2) is 6.16. The zero-order valence-electron chi connectivity index (χ0n) is 13.1. The molecule has 0 heterocycles. The van der Waals surface area contributed by atoms with Crippen LogP contribution < -0.4 is 15.5 Å². The molecule has 2 rings (SSSR count). The molecular weight excluding hydrogens is 266 g/mol. The molecule has 0 aliphatic heterocycles. The first kappa shape index (κ1) is 15.4. The van der Waals surface area contributed by atoms with Gasteiger partial charge < -0.3 is 15.5 Å². The fourth-order valence-corrected chi connectivity index (χ4v) is 2.25. The van der Waals surface area contributed by atoms with E-state index >= 15 is 0 Å². The molecule has 1 saturated carbocycles. The Hall–Kier alpha value is -2.04. The van der Waals surface area contributed by atoms with Crippen LogP contribution in [0.1, 0.15) is 18.9 Å². The number of hydrogen-bond acceptors (Lipinski definition) is 3. The van der Waals surface area contributed by atoms with Crippen LogP contribution in [0.3, 0.4) is 0 Å². The van der Waals surface area contributed by atoms with E-state index in [4.69, 9.17) is 0 Å². The maximum absolute atomic E-state index is 11.9. The van der Waals surface area contributed by atoms with Gasteiger partial charge in [0, 0.05) is 31.4 Å². The van der Waals surface area contributed by atoms with Crippen molar-refractivity contribution in [2.45, 2.75) is 20.3 Å². The summed E-state index contributed by atoms with van der Waals surface area (Å²) in [5.41, 5.74) is 2.86. The van der Waals surface area contributed by atoms with E-state index < -0.39 is 0 Å². The summed E-state index contributed by atoms with van der Waals surface area (Å²) in [5.74, 6) is 0.336. The van der Waals surface area contributed by atoms with E-state index in [-0.39, 0.29) is 24.3 Å². The lowest BCUT2D eigenvalue weighted by Gasteiger charge is -2.15. The van der Waals surface area contributed by atoms with E-state index in [2.05, 4.69) is 10.6 Å². The summed E-state index contributed by atoms with van der Waals surface area (Å²) >= 11 is 0. The Balaban J connectivity index is 1.86. The zero-order chi connectivity index (χ0) is 15.6. The maximum atomic E-state index is 11.9. The van der Waals surface area contributed by atoms with Crippen molar-refractivity contribution in [3.8, 4) is 0 Å². The zero-order valence-corrected chi connectivity index (χ0v) is 13.1. The van der Waals surface area contributed by atoms with Crippen LogP contribution in [0.25, 0.3) is 0 Å². The molecule has 0 bridgehead atoms. The van der Waals surface area contributed by atoms with E-state index in [1.165, 1.54) is 0 Å². The van der Waals surface area contributed by atoms with Gasteiger partial charge in [-0.25, -0.2) is 0 Å². The minimum Gasteiger partial charge on any atom is -0.378 e. The molecule has 0 saturated heterocycles. The molecule has 1 aromatic carbocycles. The van der Waals surface area contributed by atoms with Gasteiger partial charge >= 0.3 is 0 Å². The van der Waals surface area contributed by atoms with Crippen LogP contribution in [0.15, 0.2) is 18.2 Å². The van der Waals surface area contributed by atoms with Crippen LogP contribution in [-0.4, -0.2) is 32.5 Å². The molecule has 2 atom stereocenters. The molecule has 21 heavy (non-hydrogen) atoms. The van der Waals surface area contributed by atoms with Gasteiger partial charge in [0.1, 0.15) is 0 Å². The topological polar surface area (TPSA) is 61.4 Å². The largest absolute Gasteiger partial charge is 0.378 e. The lowest BCUT2D eigenvalue weighted by Crippen LogP contribution is -2.34. The Bertz CT molecular complexity index is 554. The van der Waals surface area contributed by atoms with E-state index in [0.29, 0.717) is 5.92 Å². The Labute approximate surface area is 125 Å².